The highest BCUT2D eigenvalue weighted by Gasteiger charge is 2.34. The predicted octanol–water partition coefficient (Wildman–Crippen LogP) is 4.24. The number of nitrogens with one attached hydrogen (secondary N) is 1. The smallest absolute Gasteiger partial charge is 0.416 e. The van der Waals surface area contributed by atoms with E-state index in [1.165, 1.54) is 28.4 Å². The number of aromatic nitrogens is 1. The van der Waals surface area contributed by atoms with Crippen molar-refractivity contribution in [1.82, 2.24) is 4.98 Å². The van der Waals surface area contributed by atoms with Crippen LogP contribution in [-0.2, 0) is 6.18 Å². The van der Waals surface area contributed by atoms with Crippen molar-refractivity contribution in [2.75, 3.05) is 11.4 Å². The number of aliphatic hydroxyl groups excluding tert-OH is 1. The minimum absolute atomic E-state index is 0.0475. The van der Waals surface area contributed by atoms with Crippen LogP contribution in [0.5, 0.6) is 0 Å². The third-order valence-corrected chi connectivity index (χ3v) is 4.40. The maximum absolute atomic E-state index is 12.8. The Bertz CT molecular complexity index is 810. The van der Waals surface area contributed by atoms with E-state index in [9.17, 15) is 18.3 Å². The molecule has 1 aromatic heterocycles. The van der Waals surface area contributed by atoms with Crippen molar-refractivity contribution in [3.05, 3.63) is 51.7 Å². The Hall–Kier alpha value is -2.35. The average molecular weight is 339 g/mol. The van der Waals surface area contributed by atoms with Crippen LogP contribution in [-0.4, -0.2) is 22.5 Å². The van der Waals surface area contributed by atoms with Gasteiger partial charge in [0.1, 0.15) is 16.6 Å². The van der Waals surface area contributed by atoms with Gasteiger partial charge in [0, 0.05) is 16.8 Å². The van der Waals surface area contributed by atoms with Crippen molar-refractivity contribution < 1.29 is 18.3 Å². The molecule has 0 unspecified atom stereocenters. The number of hydrogen-bond donors (Lipinski definition) is 2. The average Bonchev–Trinajstić information content (AvgIpc) is 3.02. The van der Waals surface area contributed by atoms with Gasteiger partial charge in [0.15, 0.2) is 0 Å². The van der Waals surface area contributed by atoms with E-state index in [1.54, 1.807) is 12.3 Å². The van der Waals surface area contributed by atoms with E-state index in [0.29, 0.717) is 5.01 Å². The molecule has 8 heteroatoms. The van der Waals surface area contributed by atoms with Crippen molar-refractivity contribution in [2.24, 2.45) is 0 Å². The first-order valence-corrected chi connectivity index (χ1v) is 7.53. The zero-order valence-corrected chi connectivity index (χ0v) is 12.8. The molecule has 120 valence electrons. The van der Waals surface area contributed by atoms with Crippen molar-refractivity contribution >= 4 is 28.4 Å². The lowest BCUT2D eigenvalue weighted by Crippen LogP contribution is -2.26. The molecule has 2 N–H and O–H groups in total. The molecule has 0 aliphatic carbocycles. The molecule has 1 aromatic carbocycles. The van der Waals surface area contributed by atoms with Gasteiger partial charge >= 0.3 is 6.18 Å². The minimum atomic E-state index is -4.46. The number of rotatable bonds is 2. The SMILES string of the molecule is Cc1csc(C2=C(O)CN(c3cccc(C(F)(F)F)c3)C2=N)n1. The molecule has 0 saturated heterocycles. The number of hydrogen-bond acceptors (Lipinski definition) is 4. The van der Waals surface area contributed by atoms with Gasteiger partial charge in [0.2, 0.25) is 0 Å². The van der Waals surface area contributed by atoms with Crippen LogP contribution in [0.4, 0.5) is 18.9 Å². The van der Waals surface area contributed by atoms with Crippen molar-refractivity contribution in [1.29, 1.82) is 5.41 Å². The van der Waals surface area contributed by atoms with Crippen LogP contribution in [0.2, 0.25) is 0 Å². The number of aryl methyl sites for hydroxylation is 1. The molecule has 0 fully saturated rings. The van der Waals surface area contributed by atoms with Gasteiger partial charge < -0.3 is 10.0 Å². The fourth-order valence-corrected chi connectivity index (χ4v) is 3.21. The van der Waals surface area contributed by atoms with Gasteiger partial charge in [-0.05, 0) is 25.1 Å². The number of aliphatic hydroxyl groups is 1. The Kier molecular flexibility index (Phi) is 3.63. The van der Waals surface area contributed by atoms with E-state index in [0.717, 1.165) is 17.8 Å². The highest BCUT2D eigenvalue weighted by molar-refractivity contribution is 7.11. The normalized spacial score (nSPS) is 15.7. The molecule has 4 nitrogen and oxygen atoms in total. The highest BCUT2D eigenvalue weighted by Crippen LogP contribution is 2.35. The quantitative estimate of drug-likeness (QED) is 0.860. The van der Waals surface area contributed by atoms with Crippen LogP contribution in [0.1, 0.15) is 16.3 Å². The van der Waals surface area contributed by atoms with Crippen LogP contribution in [0.3, 0.4) is 0 Å². The van der Waals surface area contributed by atoms with E-state index >= 15 is 0 Å². The van der Waals surface area contributed by atoms with Crippen LogP contribution in [0.15, 0.2) is 35.4 Å². The summed E-state index contributed by atoms with van der Waals surface area (Å²) >= 11 is 1.28. The van der Waals surface area contributed by atoms with Gasteiger partial charge in [-0.25, -0.2) is 4.98 Å². The standard InChI is InChI=1S/C15H12F3N3OS/c1-8-7-23-14(20-8)12-11(22)6-21(13(12)19)10-4-2-3-9(5-10)15(16,17)18/h2-5,7,19,22H,6H2,1H3. The first-order valence-electron chi connectivity index (χ1n) is 6.65. The van der Waals surface area contributed by atoms with Crippen LogP contribution < -0.4 is 4.90 Å². The van der Waals surface area contributed by atoms with Crippen LogP contribution in [0.25, 0.3) is 5.57 Å². The molecule has 0 bridgehead atoms. The third-order valence-electron chi connectivity index (χ3n) is 3.42. The molecule has 0 amide bonds. The summed E-state index contributed by atoms with van der Waals surface area (Å²) in [4.78, 5) is 5.56. The molecule has 1 aliphatic heterocycles. The first-order chi connectivity index (χ1) is 10.8. The Balaban J connectivity index is 1.95. The molecule has 2 heterocycles. The Labute approximate surface area is 134 Å². The number of nitrogens with zero attached hydrogens (tertiary/aromatic N) is 2. The number of halogens is 3. The minimum Gasteiger partial charge on any atom is -0.510 e. The van der Waals surface area contributed by atoms with Crippen molar-refractivity contribution in [3.8, 4) is 0 Å². The zero-order valence-electron chi connectivity index (χ0n) is 12.0. The molecule has 2 aromatic rings. The number of alkyl halides is 3. The molecular formula is C15H12F3N3OS. The fourth-order valence-electron chi connectivity index (χ4n) is 2.34. The van der Waals surface area contributed by atoms with E-state index in [4.69, 9.17) is 5.41 Å². The van der Waals surface area contributed by atoms with E-state index in [-0.39, 0.29) is 29.4 Å². The Morgan fingerprint density at radius 2 is 2.09 bits per heavy atom. The summed E-state index contributed by atoms with van der Waals surface area (Å²) in [7, 11) is 0. The lowest BCUT2D eigenvalue weighted by atomic mass is 10.2. The van der Waals surface area contributed by atoms with E-state index in [1.807, 2.05) is 0 Å². The summed E-state index contributed by atoms with van der Waals surface area (Å²) in [6, 6.07) is 4.71. The van der Waals surface area contributed by atoms with Crippen LogP contribution in [0, 0.1) is 12.3 Å². The van der Waals surface area contributed by atoms with Gasteiger partial charge in [-0.3, -0.25) is 5.41 Å². The van der Waals surface area contributed by atoms with Gasteiger partial charge in [-0.15, -0.1) is 11.3 Å². The molecular weight excluding hydrogens is 327 g/mol. The molecule has 1 aliphatic rings. The zero-order chi connectivity index (χ0) is 16.8. The summed E-state index contributed by atoms with van der Waals surface area (Å²) in [6.07, 6.45) is -4.46. The number of thiazole rings is 1. The largest absolute Gasteiger partial charge is 0.510 e. The Morgan fingerprint density at radius 1 is 1.35 bits per heavy atom. The number of amidine groups is 1. The van der Waals surface area contributed by atoms with Crippen LogP contribution >= 0.6 is 11.3 Å². The molecule has 3 rings (SSSR count). The van der Waals surface area contributed by atoms with Crippen molar-refractivity contribution in [3.63, 3.8) is 0 Å². The molecule has 23 heavy (non-hydrogen) atoms. The lowest BCUT2D eigenvalue weighted by molar-refractivity contribution is -0.137. The lowest BCUT2D eigenvalue weighted by Gasteiger charge is -2.20. The van der Waals surface area contributed by atoms with Crippen molar-refractivity contribution in [2.45, 2.75) is 13.1 Å². The highest BCUT2D eigenvalue weighted by atomic mass is 32.1. The van der Waals surface area contributed by atoms with Gasteiger partial charge in [0.05, 0.1) is 17.7 Å². The van der Waals surface area contributed by atoms with E-state index in [2.05, 4.69) is 4.98 Å². The first kappa shape index (κ1) is 15.5. The van der Waals surface area contributed by atoms with E-state index < -0.39 is 11.7 Å². The molecule has 0 radical (unpaired) electrons. The third kappa shape index (κ3) is 2.81. The summed E-state index contributed by atoms with van der Waals surface area (Å²) in [6.45, 7) is 1.74. The number of anilines is 1. The fraction of sp³-hybridized carbons (Fsp3) is 0.200. The second kappa shape index (κ2) is 5.38. The number of benzene rings is 1. The van der Waals surface area contributed by atoms with Gasteiger partial charge in [-0.2, -0.15) is 13.2 Å². The maximum atomic E-state index is 12.8. The molecule has 0 spiro atoms. The summed E-state index contributed by atoms with van der Waals surface area (Å²) < 4.78 is 38.5. The monoisotopic (exact) mass is 339 g/mol. The summed E-state index contributed by atoms with van der Waals surface area (Å²) in [5.74, 6) is -0.127. The maximum Gasteiger partial charge on any atom is 0.416 e. The summed E-state index contributed by atoms with van der Waals surface area (Å²) in [5, 5.41) is 20.6. The summed E-state index contributed by atoms with van der Waals surface area (Å²) in [5.41, 5.74) is 0.441. The van der Waals surface area contributed by atoms with Gasteiger partial charge in [-0.1, -0.05) is 6.07 Å². The molecule has 0 saturated carbocycles. The topological polar surface area (TPSA) is 60.2 Å². The second-order valence-electron chi connectivity index (χ2n) is 5.10. The second-order valence-corrected chi connectivity index (χ2v) is 5.96. The Morgan fingerprint density at radius 3 is 2.70 bits per heavy atom. The predicted molar refractivity (Wildman–Crippen MR) is 82.9 cm³/mol. The van der Waals surface area contributed by atoms with Gasteiger partial charge in [0.25, 0.3) is 0 Å². The molecule has 0 atom stereocenters.